The van der Waals surface area contributed by atoms with Gasteiger partial charge >= 0.3 is 23.9 Å². The Morgan fingerprint density at radius 2 is 0.704 bits per heavy atom. The molecule has 274 valence electrons. The predicted molar refractivity (Wildman–Crippen MR) is 201 cm³/mol. The molecule has 0 amide bonds. The fourth-order valence-corrected chi connectivity index (χ4v) is 8.29. The van der Waals surface area contributed by atoms with Gasteiger partial charge in [0.15, 0.2) is 10.8 Å². The molecule has 10 nitrogen and oxygen atoms in total. The minimum absolute atomic E-state index is 0.0677. The number of hydrogen-bond acceptors (Lipinski definition) is 10. The summed E-state index contributed by atoms with van der Waals surface area (Å²) in [5.74, 6) is -2.63. The van der Waals surface area contributed by atoms with Crippen molar-refractivity contribution in [2.75, 3.05) is 28.4 Å². The Kier molecular flexibility index (Phi) is 9.39. The highest BCUT2D eigenvalue weighted by atomic mass is 16.6. The third-order valence-electron chi connectivity index (χ3n) is 11.1. The van der Waals surface area contributed by atoms with E-state index in [2.05, 4.69) is 0 Å². The second-order valence-electron chi connectivity index (χ2n) is 13.9. The van der Waals surface area contributed by atoms with Crippen LogP contribution in [0.15, 0.2) is 84.9 Å². The first-order valence-corrected chi connectivity index (χ1v) is 17.6. The van der Waals surface area contributed by atoms with E-state index in [0.29, 0.717) is 11.4 Å². The van der Waals surface area contributed by atoms with Crippen LogP contribution >= 0.6 is 0 Å². The molecule has 0 saturated heterocycles. The Morgan fingerprint density at radius 1 is 0.426 bits per heavy atom. The quantitative estimate of drug-likeness (QED) is 0.0977. The number of benzene rings is 3. The average Bonchev–Trinajstić information content (AvgIpc) is 3.84. The van der Waals surface area contributed by atoms with Gasteiger partial charge in [0.05, 0.1) is 51.2 Å². The van der Waals surface area contributed by atoms with Gasteiger partial charge in [-0.1, -0.05) is 84.9 Å². The number of pyridine rings is 2. The molecule has 0 atom stereocenters. The highest BCUT2D eigenvalue weighted by Gasteiger charge is 2.55. The molecule has 54 heavy (non-hydrogen) atoms. The van der Waals surface area contributed by atoms with Gasteiger partial charge in [-0.2, -0.15) is 0 Å². The summed E-state index contributed by atoms with van der Waals surface area (Å²) in [6.07, 6.45) is 0.367. The van der Waals surface area contributed by atoms with Crippen LogP contribution in [0.2, 0.25) is 0 Å². The van der Waals surface area contributed by atoms with Gasteiger partial charge in [-0.05, 0) is 47.2 Å². The van der Waals surface area contributed by atoms with Gasteiger partial charge < -0.3 is 18.9 Å². The molecule has 0 saturated carbocycles. The first-order valence-electron chi connectivity index (χ1n) is 17.6. The maximum absolute atomic E-state index is 13.3. The minimum atomic E-state index is -1.55. The van der Waals surface area contributed by atoms with Crippen molar-refractivity contribution in [3.05, 3.63) is 118 Å². The Morgan fingerprint density at radius 3 is 1.00 bits per heavy atom. The first-order chi connectivity index (χ1) is 26.0. The van der Waals surface area contributed by atoms with Crippen LogP contribution < -0.4 is 0 Å². The molecule has 0 aliphatic heterocycles. The number of esters is 4. The van der Waals surface area contributed by atoms with Gasteiger partial charge in [0.2, 0.25) is 0 Å². The van der Waals surface area contributed by atoms with Gasteiger partial charge in [0.1, 0.15) is 0 Å². The van der Waals surface area contributed by atoms with Crippen LogP contribution in [0.5, 0.6) is 0 Å². The summed E-state index contributed by atoms with van der Waals surface area (Å²) < 4.78 is 20.7. The lowest BCUT2D eigenvalue weighted by Gasteiger charge is -2.22. The Hall–Kier alpha value is -6.16. The van der Waals surface area contributed by atoms with E-state index < -0.39 is 34.7 Å². The van der Waals surface area contributed by atoms with Crippen LogP contribution in [-0.4, -0.2) is 62.3 Å². The fourth-order valence-electron chi connectivity index (χ4n) is 8.29. The van der Waals surface area contributed by atoms with Gasteiger partial charge in [-0.25, -0.2) is 9.97 Å². The van der Waals surface area contributed by atoms with E-state index in [1.54, 1.807) is 0 Å². The highest BCUT2D eigenvalue weighted by molar-refractivity contribution is 6.03. The molecular weight excluding hydrogens is 684 g/mol. The monoisotopic (exact) mass is 724 g/mol. The average molecular weight is 725 g/mol. The van der Waals surface area contributed by atoms with Crippen LogP contribution in [0, 0.1) is 24.7 Å². The zero-order valence-corrected chi connectivity index (χ0v) is 31.1. The molecule has 5 aromatic rings. The third-order valence-corrected chi connectivity index (χ3v) is 11.1. The molecule has 0 bridgehead atoms. The zero-order chi connectivity index (χ0) is 38.4. The largest absolute Gasteiger partial charge is 0.468 e. The predicted octanol–water partition coefficient (Wildman–Crippen LogP) is 6.62. The van der Waals surface area contributed by atoms with Crippen molar-refractivity contribution in [3.63, 3.8) is 0 Å². The lowest BCUT2D eigenvalue weighted by atomic mass is 9.84. The number of hydrogen-bond donors (Lipinski definition) is 0. The summed E-state index contributed by atoms with van der Waals surface area (Å²) >= 11 is 0. The second kappa shape index (κ2) is 14.0. The van der Waals surface area contributed by atoms with Crippen molar-refractivity contribution >= 4 is 23.9 Å². The van der Waals surface area contributed by atoms with E-state index in [1.165, 1.54) is 28.4 Å². The van der Waals surface area contributed by atoms with Crippen molar-refractivity contribution in [3.8, 4) is 45.0 Å². The molecular formula is C44H40N2O8. The number of nitrogens with zero attached hydrogens (tertiary/aromatic N) is 2. The van der Waals surface area contributed by atoms with Crippen molar-refractivity contribution < 1.29 is 38.1 Å². The Labute approximate surface area is 313 Å². The van der Waals surface area contributed by atoms with Crippen LogP contribution in [-0.2, 0) is 63.8 Å². The van der Waals surface area contributed by atoms with E-state index in [0.717, 1.165) is 67.0 Å². The molecule has 2 aliphatic rings. The minimum Gasteiger partial charge on any atom is -0.468 e. The highest BCUT2D eigenvalue weighted by Crippen LogP contribution is 2.48. The van der Waals surface area contributed by atoms with Crippen molar-refractivity contribution in [2.24, 2.45) is 10.8 Å². The van der Waals surface area contributed by atoms with E-state index in [4.69, 9.17) is 28.9 Å². The summed E-state index contributed by atoms with van der Waals surface area (Å²) in [6.45, 7) is 3.92. The summed E-state index contributed by atoms with van der Waals surface area (Å²) in [4.78, 5) is 63.7. The van der Waals surface area contributed by atoms with Crippen LogP contribution in [0.4, 0.5) is 0 Å². The number of ether oxygens (including phenoxy) is 4. The third kappa shape index (κ3) is 5.64. The number of aromatic nitrogens is 2. The Bertz CT molecular complexity index is 2120. The zero-order valence-electron chi connectivity index (χ0n) is 31.1. The number of rotatable bonds is 8. The summed E-state index contributed by atoms with van der Waals surface area (Å²) in [7, 11) is 5.09. The molecule has 0 unspecified atom stereocenters. The van der Waals surface area contributed by atoms with Gasteiger partial charge in [-0.3, -0.25) is 19.2 Å². The molecule has 10 heteroatoms. The fraction of sp³-hybridized carbons (Fsp3) is 0.273. The maximum Gasteiger partial charge on any atom is 0.323 e. The topological polar surface area (TPSA) is 131 Å². The molecule has 2 aromatic heterocycles. The van der Waals surface area contributed by atoms with Crippen molar-refractivity contribution in [1.29, 1.82) is 0 Å². The van der Waals surface area contributed by atoms with E-state index in [1.807, 2.05) is 98.8 Å². The van der Waals surface area contributed by atoms with Crippen molar-refractivity contribution in [1.82, 2.24) is 9.97 Å². The van der Waals surface area contributed by atoms with Crippen LogP contribution in [0.1, 0.15) is 33.4 Å². The van der Waals surface area contributed by atoms with Crippen molar-refractivity contribution in [2.45, 2.75) is 39.5 Å². The maximum atomic E-state index is 13.3. The van der Waals surface area contributed by atoms with Gasteiger partial charge in [0.25, 0.3) is 0 Å². The van der Waals surface area contributed by atoms with Gasteiger partial charge in [-0.15, -0.1) is 0 Å². The molecule has 3 aromatic carbocycles. The van der Waals surface area contributed by atoms with Crippen LogP contribution in [0.25, 0.3) is 45.0 Å². The summed E-state index contributed by atoms with van der Waals surface area (Å²) in [5.41, 5.74) is 8.00. The smallest absolute Gasteiger partial charge is 0.323 e. The molecule has 0 spiro atoms. The lowest BCUT2D eigenvalue weighted by Crippen LogP contribution is -2.42. The van der Waals surface area contributed by atoms with E-state index in [9.17, 15) is 19.2 Å². The second-order valence-corrected chi connectivity index (χ2v) is 13.9. The number of fused-ring (bicyclic) bond motifs is 2. The Balaban J connectivity index is 1.40. The van der Waals surface area contributed by atoms with E-state index in [-0.39, 0.29) is 25.7 Å². The normalized spacial score (nSPS) is 14.8. The molecule has 2 aliphatic carbocycles. The lowest BCUT2D eigenvalue weighted by molar-refractivity contribution is -0.170. The van der Waals surface area contributed by atoms with Crippen LogP contribution in [0.3, 0.4) is 0 Å². The number of carbonyl (C=O) groups excluding carboxylic acids is 4. The number of methoxy groups -OCH3 is 4. The molecule has 0 fully saturated rings. The molecule has 0 radical (unpaired) electrons. The SMILES string of the molecule is COC(=O)C1(C(=O)OC)Cc2c(-c3ccc(-c4nc(-c5ccccc5)c(C)c5c4CC(C(=O)OC)(C(=O)OC)C5)cc3)nc(-c3ccccc3)c(C)c2C1. The van der Waals surface area contributed by atoms with Gasteiger partial charge in [0, 0.05) is 47.9 Å². The molecule has 7 rings (SSSR count). The van der Waals surface area contributed by atoms with E-state index >= 15 is 0 Å². The summed E-state index contributed by atoms with van der Waals surface area (Å²) in [6, 6.07) is 27.3. The number of carbonyl (C=O) groups is 4. The molecule has 2 heterocycles. The first kappa shape index (κ1) is 36.2. The molecule has 0 N–H and O–H groups in total. The standard InChI is InChI=1S/C44H40N2O8/c1-25-31-21-43(39(47)51-3,40(48)52-4)23-33(31)37(45-35(25)27-13-9-7-10-14-27)29-17-19-30(20-18-29)38-34-24-44(41(49)53-5,42(50)54-6)22-32(34)26(2)36(46-38)28-15-11-8-12-16-28/h7-20H,21-24H2,1-6H3. The summed E-state index contributed by atoms with van der Waals surface area (Å²) in [5, 5.41) is 0.